The predicted octanol–water partition coefficient (Wildman–Crippen LogP) is 1.93. The van der Waals surface area contributed by atoms with Gasteiger partial charge in [-0.2, -0.15) is 0 Å². The molecule has 1 saturated carbocycles. The van der Waals surface area contributed by atoms with Crippen LogP contribution < -0.4 is 5.32 Å². The topological polar surface area (TPSA) is 32.3 Å². The third-order valence-electron chi connectivity index (χ3n) is 3.16. The molecule has 0 aromatic heterocycles. The third kappa shape index (κ3) is 4.10. The summed E-state index contributed by atoms with van der Waals surface area (Å²) in [6, 6.07) is 0.645. The zero-order valence-electron chi connectivity index (χ0n) is 8.76. The SMILES string of the molecule is C[C@@H](NCCCO)C1CCCCC1. The van der Waals surface area contributed by atoms with E-state index in [1.807, 2.05) is 0 Å². The first-order valence-corrected chi connectivity index (χ1v) is 5.69. The van der Waals surface area contributed by atoms with Gasteiger partial charge in [0.15, 0.2) is 0 Å². The summed E-state index contributed by atoms with van der Waals surface area (Å²) in [5, 5.41) is 12.1. The highest BCUT2D eigenvalue weighted by molar-refractivity contribution is 4.75. The average Bonchev–Trinajstić information content (AvgIpc) is 2.19. The zero-order valence-corrected chi connectivity index (χ0v) is 8.76. The lowest BCUT2D eigenvalue weighted by molar-refractivity contribution is 0.258. The van der Waals surface area contributed by atoms with E-state index < -0.39 is 0 Å². The van der Waals surface area contributed by atoms with Gasteiger partial charge in [0.05, 0.1) is 0 Å². The van der Waals surface area contributed by atoms with E-state index in [9.17, 15) is 0 Å². The molecule has 2 nitrogen and oxygen atoms in total. The molecule has 0 unspecified atom stereocenters. The van der Waals surface area contributed by atoms with Gasteiger partial charge in [-0.15, -0.1) is 0 Å². The molecule has 1 aliphatic carbocycles. The monoisotopic (exact) mass is 185 g/mol. The number of aliphatic hydroxyl groups excluding tert-OH is 1. The van der Waals surface area contributed by atoms with Crippen molar-refractivity contribution < 1.29 is 5.11 Å². The Morgan fingerprint density at radius 1 is 1.31 bits per heavy atom. The van der Waals surface area contributed by atoms with Gasteiger partial charge in [0.1, 0.15) is 0 Å². The van der Waals surface area contributed by atoms with E-state index in [1.54, 1.807) is 0 Å². The quantitative estimate of drug-likeness (QED) is 0.641. The van der Waals surface area contributed by atoms with Crippen molar-refractivity contribution in [1.82, 2.24) is 5.32 Å². The second-order valence-corrected chi connectivity index (χ2v) is 4.22. The smallest absolute Gasteiger partial charge is 0.0443 e. The van der Waals surface area contributed by atoms with Crippen molar-refractivity contribution in [1.29, 1.82) is 0 Å². The summed E-state index contributed by atoms with van der Waals surface area (Å²) in [7, 11) is 0. The van der Waals surface area contributed by atoms with Gasteiger partial charge in [0.2, 0.25) is 0 Å². The van der Waals surface area contributed by atoms with E-state index >= 15 is 0 Å². The summed E-state index contributed by atoms with van der Waals surface area (Å²) in [5.74, 6) is 0.882. The largest absolute Gasteiger partial charge is 0.396 e. The van der Waals surface area contributed by atoms with E-state index in [4.69, 9.17) is 5.11 Å². The number of hydrogen-bond donors (Lipinski definition) is 2. The van der Waals surface area contributed by atoms with E-state index in [2.05, 4.69) is 12.2 Å². The molecule has 0 aromatic carbocycles. The molecular weight excluding hydrogens is 162 g/mol. The van der Waals surface area contributed by atoms with Crippen molar-refractivity contribution in [2.75, 3.05) is 13.2 Å². The molecule has 0 saturated heterocycles. The number of aliphatic hydroxyl groups is 1. The van der Waals surface area contributed by atoms with Gasteiger partial charge >= 0.3 is 0 Å². The molecule has 0 amide bonds. The average molecular weight is 185 g/mol. The fourth-order valence-corrected chi connectivity index (χ4v) is 2.21. The van der Waals surface area contributed by atoms with Crippen molar-refractivity contribution in [3.8, 4) is 0 Å². The Kier molecular flexibility index (Phi) is 5.40. The molecule has 2 heteroatoms. The van der Waals surface area contributed by atoms with Crippen LogP contribution in [0.25, 0.3) is 0 Å². The van der Waals surface area contributed by atoms with Gasteiger partial charge < -0.3 is 10.4 Å². The van der Waals surface area contributed by atoms with Crippen molar-refractivity contribution in [3.63, 3.8) is 0 Å². The minimum Gasteiger partial charge on any atom is -0.396 e. The number of nitrogens with one attached hydrogen (secondary N) is 1. The summed E-state index contributed by atoms with van der Waals surface area (Å²) in [6.45, 7) is 3.56. The fourth-order valence-electron chi connectivity index (χ4n) is 2.21. The lowest BCUT2D eigenvalue weighted by Crippen LogP contribution is -2.35. The zero-order chi connectivity index (χ0) is 9.52. The molecule has 1 atom stereocenters. The lowest BCUT2D eigenvalue weighted by atomic mass is 9.84. The van der Waals surface area contributed by atoms with E-state index in [0.717, 1.165) is 18.9 Å². The summed E-state index contributed by atoms with van der Waals surface area (Å²) < 4.78 is 0. The maximum Gasteiger partial charge on any atom is 0.0443 e. The molecule has 0 bridgehead atoms. The van der Waals surface area contributed by atoms with Crippen LogP contribution >= 0.6 is 0 Å². The molecule has 0 aromatic rings. The van der Waals surface area contributed by atoms with Crippen LogP contribution in [0.3, 0.4) is 0 Å². The van der Waals surface area contributed by atoms with Crippen LogP contribution in [0, 0.1) is 5.92 Å². The van der Waals surface area contributed by atoms with Crippen LogP contribution in [0.4, 0.5) is 0 Å². The summed E-state index contributed by atoms with van der Waals surface area (Å²) in [4.78, 5) is 0. The Hall–Kier alpha value is -0.0800. The molecule has 0 heterocycles. The minimum atomic E-state index is 0.310. The van der Waals surface area contributed by atoms with E-state index in [0.29, 0.717) is 12.6 Å². The third-order valence-corrected chi connectivity index (χ3v) is 3.16. The molecule has 0 spiro atoms. The molecule has 0 radical (unpaired) electrons. The van der Waals surface area contributed by atoms with Crippen molar-refractivity contribution >= 4 is 0 Å². The van der Waals surface area contributed by atoms with Crippen LogP contribution in [-0.4, -0.2) is 24.3 Å². The van der Waals surface area contributed by atoms with Gasteiger partial charge in [-0.25, -0.2) is 0 Å². The maximum atomic E-state index is 8.65. The molecule has 78 valence electrons. The summed E-state index contributed by atoms with van der Waals surface area (Å²) in [5.41, 5.74) is 0. The Morgan fingerprint density at radius 3 is 2.62 bits per heavy atom. The first-order chi connectivity index (χ1) is 6.34. The predicted molar refractivity (Wildman–Crippen MR) is 55.7 cm³/mol. The van der Waals surface area contributed by atoms with Crippen LogP contribution in [0.1, 0.15) is 45.4 Å². The molecule has 13 heavy (non-hydrogen) atoms. The molecular formula is C11H23NO. The first-order valence-electron chi connectivity index (χ1n) is 5.69. The van der Waals surface area contributed by atoms with Crippen LogP contribution in [0.5, 0.6) is 0 Å². The molecule has 2 N–H and O–H groups in total. The van der Waals surface area contributed by atoms with Crippen molar-refractivity contribution in [3.05, 3.63) is 0 Å². The number of hydrogen-bond acceptors (Lipinski definition) is 2. The Labute approximate surface area is 81.7 Å². The lowest BCUT2D eigenvalue weighted by Gasteiger charge is -2.28. The van der Waals surface area contributed by atoms with Crippen molar-refractivity contribution in [2.45, 2.75) is 51.5 Å². The molecule has 0 aliphatic heterocycles. The van der Waals surface area contributed by atoms with Crippen LogP contribution in [0.2, 0.25) is 0 Å². The highest BCUT2D eigenvalue weighted by Crippen LogP contribution is 2.26. The van der Waals surface area contributed by atoms with Gasteiger partial charge in [0.25, 0.3) is 0 Å². The van der Waals surface area contributed by atoms with Gasteiger partial charge in [-0.05, 0) is 38.6 Å². The molecule has 1 rings (SSSR count). The summed E-state index contributed by atoms with van der Waals surface area (Å²) in [6.07, 6.45) is 7.94. The fraction of sp³-hybridized carbons (Fsp3) is 1.00. The van der Waals surface area contributed by atoms with Gasteiger partial charge in [-0.1, -0.05) is 19.3 Å². The van der Waals surface area contributed by atoms with Crippen LogP contribution in [-0.2, 0) is 0 Å². The van der Waals surface area contributed by atoms with Gasteiger partial charge in [-0.3, -0.25) is 0 Å². The highest BCUT2D eigenvalue weighted by atomic mass is 16.3. The Balaban J connectivity index is 2.09. The summed E-state index contributed by atoms with van der Waals surface area (Å²) >= 11 is 0. The minimum absolute atomic E-state index is 0.310. The molecule has 1 aliphatic rings. The standard InChI is InChI=1S/C11H23NO/c1-10(12-8-5-9-13)11-6-3-2-4-7-11/h10-13H,2-9H2,1H3/t10-/m1/s1. The Morgan fingerprint density at radius 2 is 2.00 bits per heavy atom. The molecule has 1 fully saturated rings. The maximum absolute atomic E-state index is 8.65. The number of rotatable bonds is 5. The van der Waals surface area contributed by atoms with Gasteiger partial charge in [0, 0.05) is 12.6 Å². The second kappa shape index (κ2) is 6.39. The van der Waals surface area contributed by atoms with E-state index in [-0.39, 0.29) is 0 Å². The Bertz CT molecular complexity index is 121. The van der Waals surface area contributed by atoms with Crippen LogP contribution in [0.15, 0.2) is 0 Å². The van der Waals surface area contributed by atoms with Crippen molar-refractivity contribution in [2.24, 2.45) is 5.92 Å². The normalized spacial score (nSPS) is 21.7. The second-order valence-electron chi connectivity index (χ2n) is 4.22. The highest BCUT2D eigenvalue weighted by Gasteiger charge is 2.18. The first kappa shape index (κ1) is 11.0. The van der Waals surface area contributed by atoms with E-state index in [1.165, 1.54) is 32.1 Å².